The van der Waals surface area contributed by atoms with Gasteiger partial charge in [0.05, 0.1) is 18.4 Å². The van der Waals surface area contributed by atoms with Crippen molar-refractivity contribution in [3.63, 3.8) is 0 Å². The Morgan fingerprint density at radius 3 is 2.79 bits per heavy atom. The summed E-state index contributed by atoms with van der Waals surface area (Å²) < 4.78 is 24.1. The van der Waals surface area contributed by atoms with Gasteiger partial charge in [0.15, 0.2) is 11.7 Å². The van der Waals surface area contributed by atoms with Gasteiger partial charge in [-0.2, -0.15) is 0 Å². The van der Waals surface area contributed by atoms with Crippen molar-refractivity contribution in [3.8, 4) is 0 Å². The predicted molar refractivity (Wildman–Crippen MR) is 67.6 cm³/mol. The van der Waals surface area contributed by atoms with Crippen LogP contribution in [0, 0.1) is 0 Å². The molecule has 0 aromatic carbocycles. The van der Waals surface area contributed by atoms with E-state index in [0.29, 0.717) is 5.69 Å². The lowest BCUT2D eigenvalue weighted by Crippen LogP contribution is -2.30. The monoisotopic (exact) mass is 308 g/mol. The van der Waals surface area contributed by atoms with Gasteiger partial charge in [0.25, 0.3) is 0 Å². The molecule has 0 unspecified atom stereocenters. The molecule has 9 nitrogen and oxygen atoms in total. The highest BCUT2D eigenvalue weighted by Crippen LogP contribution is 2.16. The van der Waals surface area contributed by atoms with Gasteiger partial charge in [-0.05, 0) is 0 Å². The zero-order valence-corrected chi connectivity index (χ0v) is 11.5. The molecule has 2 amide bonds. The number of nitrogens with one attached hydrogen (secondary N) is 2. The number of hydrogen-bond acceptors (Lipinski definition) is 7. The number of primary amides is 1. The van der Waals surface area contributed by atoms with Crippen LogP contribution in [-0.4, -0.2) is 38.1 Å². The molecule has 1 aromatic heterocycles. The molecule has 4 N–H and O–H groups in total. The van der Waals surface area contributed by atoms with Gasteiger partial charge in [0, 0.05) is 5.38 Å². The Morgan fingerprint density at radius 1 is 1.53 bits per heavy atom. The average Bonchev–Trinajstić information content (AvgIpc) is 2.61. The Bertz CT molecular complexity index is 567. The summed E-state index contributed by atoms with van der Waals surface area (Å²) in [5.74, 6) is -1.24. The lowest BCUT2D eigenvalue weighted by Gasteiger charge is -2.02. The Labute approximate surface area is 113 Å². The largest absolute Gasteiger partial charge is 0.368 e. The highest BCUT2D eigenvalue weighted by Gasteiger charge is 2.10. The molecule has 19 heavy (non-hydrogen) atoms. The van der Waals surface area contributed by atoms with Gasteiger partial charge >= 0.3 is 0 Å². The summed E-state index contributed by atoms with van der Waals surface area (Å²) in [6, 6.07) is 0. The van der Waals surface area contributed by atoms with E-state index in [1.807, 2.05) is 5.48 Å². The van der Waals surface area contributed by atoms with Gasteiger partial charge in [-0.15, -0.1) is 11.3 Å². The fourth-order valence-electron chi connectivity index (χ4n) is 0.982. The lowest BCUT2D eigenvalue weighted by atomic mass is 10.3. The van der Waals surface area contributed by atoms with Gasteiger partial charge in [-0.1, -0.05) is 0 Å². The number of aromatic nitrogens is 1. The Hall–Kier alpha value is -1.72. The molecule has 0 bridgehead atoms. The molecule has 0 radical (unpaired) electrons. The first kappa shape index (κ1) is 15.3. The number of hydroxylamine groups is 1. The van der Waals surface area contributed by atoms with Gasteiger partial charge in [-0.25, -0.2) is 18.9 Å². The van der Waals surface area contributed by atoms with Crippen LogP contribution in [0.25, 0.3) is 0 Å². The smallest absolute Gasteiger partial charge is 0.249 e. The maximum atomic E-state index is 11.3. The van der Waals surface area contributed by atoms with Crippen molar-refractivity contribution < 1.29 is 22.8 Å². The maximum absolute atomic E-state index is 11.3. The van der Waals surface area contributed by atoms with E-state index in [4.69, 9.17) is 5.73 Å². The maximum Gasteiger partial charge on any atom is 0.249 e. The number of sulfonamides is 1. The third-order valence-electron chi connectivity index (χ3n) is 1.57. The van der Waals surface area contributed by atoms with Crippen LogP contribution in [0.15, 0.2) is 5.38 Å². The fourth-order valence-corrected chi connectivity index (χ4v) is 2.55. The quantitative estimate of drug-likeness (QED) is 0.529. The zero-order chi connectivity index (χ0) is 14.5. The number of hydrogen-bond donors (Lipinski definition) is 3. The molecule has 0 atom stereocenters. The summed E-state index contributed by atoms with van der Waals surface area (Å²) in [6.45, 7) is -0.427. The van der Waals surface area contributed by atoms with E-state index in [-0.39, 0.29) is 11.6 Å². The second kappa shape index (κ2) is 6.45. The van der Waals surface area contributed by atoms with Gasteiger partial charge < -0.3 is 5.73 Å². The molecule has 0 fully saturated rings. The second-order valence-corrected chi connectivity index (χ2v) is 6.08. The molecule has 1 rings (SSSR count). The van der Waals surface area contributed by atoms with Crippen LogP contribution in [0.1, 0.15) is 5.69 Å². The van der Waals surface area contributed by atoms with Crippen LogP contribution in [0.2, 0.25) is 0 Å². The molecule has 106 valence electrons. The van der Waals surface area contributed by atoms with Crippen molar-refractivity contribution in [2.45, 2.75) is 6.42 Å². The third kappa shape index (κ3) is 6.69. The number of nitrogens with zero attached hydrogens (tertiary/aromatic N) is 1. The molecule has 0 aliphatic heterocycles. The van der Waals surface area contributed by atoms with Crippen LogP contribution in [0.4, 0.5) is 5.13 Å². The summed E-state index contributed by atoms with van der Waals surface area (Å²) >= 11 is 1.05. The van der Waals surface area contributed by atoms with Crippen molar-refractivity contribution >= 4 is 38.3 Å². The minimum atomic E-state index is -3.39. The van der Waals surface area contributed by atoms with E-state index in [9.17, 15) is 18.0 Å². The number of rotatable bonds is 7. The first-order valence-electron chi connectivity index (χ1n) is 4.87. The molecule has 11 heteroatoms. The normalized spacial score (nSPS) is 11.0. The number of thiazole rings is 1. The lowest BCUT2D eigenvalue weighted by molar-refractivity contribution is -0.137. The van der Waals surface area contributed by atoms with Crippen molar-refractivity contribution in [2.75, 3.05) is 17.6 Å². The van der Waals surface area contributed by atoms with Crippen molar-refractivity contribution in [1.29, 1.82) is 0 Å². The van der Waals surface area contributed by atoms with Crippen LogP contribution >= 0.6 is 11.3 Å². The van der Waals surface area contributed by atoms with Crippen molar-refractivity contribution in [1.82, 2.24) is 10.5 Å². The molecule has 0 saturated heterocycles. The van der Waals surface area contributed by atoms with E-state index >= 15 is 0 Å². The molecular formula is C8H12N4O5S2. The van der Waals surface area contributed by atoms with E-state index in [1.54, 1.807) is 0 Å². The van der Waals surface area contributed by atoms with Crippen LogP contribution in [-0.2, 0) is 30.9 Å². The van der Waals surface area contributed by atoms with Crippen LogP contribution in [0.3, 0.4) is 0 Å². The van der Waals surface area contributed by atoms with E-state index in [0.717, 1.165) is 17.6 Å². The molecular weight excluding hydrogens is 296 g/mol. The average molecular weight is 308 g/mol. The minimum Gasteiger partial charge on any atom is -0.368 e. The SMILES string of the molecule is CS(=O)(=O)Nc1nc(CC(=O)NOCC(N)=O)cs1. The number of carbonyl (C=O) groups is 2. The molecule has 1 heterocycles. The first-order valence-corrected chi connectivity index (χ1v) is 7.64. The molecule has 0 spiro atoms. The number of amides is 2. The Balaban J connectivity index is 2.45. The van der Waals surface area contributed by atoms with Gasteiger partial charge in [-0.3, -0.25) is 19.1 Å². The number of carbonyl (C=O) groups excluding carboxylic acids is 2. The summed E-state index contributed by atoms with van der Waals surface area (Å²) in [6.07, 6.45) is 0.888. The van der Waals surface area contributed by atoms with E-state index in [1.165, 1.54) is 5.38 Å². The van der Waals surface area contributed by atoms with Crippen LogP contribution in [0.5, 0.6) is 0 Å². The molecule has 0 saturated carbocycles. The summed E-state index contributed by atoms with van der Waals surface area (Å²) in [5, 5.41) is 1.70. The Morgan fingerprint density at radius 2 is 2.21 bits per heavy atom. The standard InChI is InChI=1S/C8H12N4O5S2/c1-19(15,16)12-8-10-5(4-18-8)2-7(14)11-17-3-6(9)13/h4H,2-3H2,1H3,(H2,9,13)(H,10,12)(H,11,14). The van der Waals surface area contributed by atoms with Crippen molar-refractivity contribution in [2.24, 2.45) is 5.73 Å². The predicted octanol–water partition coefficient (Wildman–Crippen LogP) is -1.41. The summed E-state index contributed by atoms with van der Waals surface area (Å²) in [5.41, 5.74) is 7.18. The highest BCUT2D eigenvalue weighted by molar-refractivity contribution is 7.92. The molecule has 0 aliphatic rings. The second-order valence-electron chi connectivity index (χ2n) is 3.48. The van der Waals surface area contributed by atoms with Crippen LogP contribution < -0.4 is 15.9 Å². The molecule has 0 aliphatic carbocycles. The number of nitrogens with two attached hydrogens (primary N) is 1. The summed E-state index contributed by atoms with van der Waals surface area (Å²) in [7, 11) is -3.39. The number of anilines is 1. The van der Waals surface area contributed by atoms with Gasteiger partial charge in [0.2, 0.25) is 21.8 Å². The minimum absolute atomic E-state index is 0.110. The van der Waals surface area contributed by atoms with E-state index in [2.05, 4.69) is 14.5 Å². The van der Waals surface area contributed by atoms with E-state index < -0.39 is 28.4 Å². The van der Waals surface area contributed by atoms with Gasteiger partial charge in [0.1, 0.15) is 0 Å². The zero-order valence-electron chi connectivity index (χ0n) is 9.87. The molecule has 1 aromatic rings. The van der Waals surface area contributed by atoms with Crippen molar-refractivity contribution in [3.05, 3.63) is 11.1 Å². The third-order valence-corrected chi connectivity index (χ3v) is 3.07. The highest BCUT2D eigenvalue weighted by atomic mass is 32.2. The first-order chi connectivity index (χ1) is 8.76. The fraction of sp³-hybridized carbons (Fsp3) is 0.375. The Kier molecular flexibility index (Phi) is 5.20. The topological polar surface area (TPSA) is 140 Å². The summed E-state index contributed by atoms with van der Waals surface area (Å²) in [4.78, 5) is 30.1.